The van der Waals surface area contributed by atoms with Crippen molar-refractivity contribution in [3.05, 3.63) is 36.3 Å². The number of aryl methyl sites for hydroxylation is 1. The highest BCUT2D eigenvalue weighted by Gasteiger charge is 2.34. The van der Waals surface area contributed by atoms with Crippen LogP contribution in [0.25, 0.3) is 11.3 Å². The van der Waals surface area contributed by atoms with E-state index in [1.807, 2.05) is 29.9 Å². The van der Waals surface area contributed by atoms with Crippen LogP contribution in [0.15, 0.2) is 30.7 Å². The molecule has 2 bridgehead atoms. The summed E-state index contributed by atoms with van der Waals surface area (Å²) in [6, 6.07) is 6.63. The van der Waals surface area contributed by atoms with Crippen molar-refractivity contribution in [3.8, 4) is 17.0 Å². The summed E-state index contributed by atoms with van der Waals surface area (Å²) in [5.41, 5.74) is 7.68. The van der Waals surface area contributed by atoms with E-state index in [0.717, 1.165) is 24.1 Å². The maximum absolute atomic E-state index is 11.9. The third-order valence-electron chi connectivity index (χ3n) is 4.97. The van der Waals surface area contributed by atoms with Crippen molar-refractivity contribution in [2.75, 3.05) is 0 Å². The van der Waals surface area contributed by atoms with Gasteiger partial charge in [0.1, 0.15) is 11.9 Å². The van der Waals surface area contributed by atoms with Gasteiger partial charge in [0, 0.05) is 30.9 Å². The van der Waals surface area contributed by atoms with Crippen molar-refractivity contribution in [1.29, 1.82) is 0 Å². The summed E-state index contributed by atoms with van der Waals surface area (Å²) in [6.45, 7) is 0. The first kappa shape index (κ1) is 15.2. The minimum Gasteiger partial charge on any atom is -0.489 e. The van der Waals surface area contributed by atoms with Crippen LogP contribution >= 0.6 is 0 Å². The smallest absolute Gasteiger partial charge is 0.252 e. The van der Waals surface area contributed by atoms with Gasteiger partial charge in [0.2, 0.25) is 0 Å². The Balaban J connectivity index is 1.59. The number of nitrogens with two attached hydrogens (primary N) is 1. The molecule has 3 heterocycles. The van der Waals surface area contributed by atoms with Crippen LogP contribution < -0.4 is 15.8 Å². The third kappa shape index (κ3) is 2.89. The number of amides is 1. The van der Waals surface area contributed by atoms with E-state index in [1.54, 1.807) is 12.4 Å². The largest absolute Gasteiger partial charge is 0.489 e. The Morgan fingerprint density at radius 2 is 2.08 bits per heavy atom. The van der Waals surface area contributed by atoms with E-state index < -0.39 is 5.91 Å². The fourth-order valence-electron chi connectivity index (χ4n) is 3.83. The number of rotatable bonds is 4. The van der Waals surface area contributed by atoms with E-state index in [4.69, 9.17) is 10.5 Å². The predicted molar refractivity (Wildman–Crippen MR) is 90.8 cm³/mol. The topological polar surface area (TPSA) is 82.2 Å². The lowest BCUT2D eigenvalue weighted by molar-refractivity contribution is 0.0984. The molecule has 1 aromatic carbocycles. The van der Waals surface area contributed by atoms with Gasteiger partial charge in [-0.05, 0) is 43.9 Å². The molecule has 1 unspecified atom stereocenters. The second kappa shape index (κ2) is 5.94. The first-order chi connectivity index (χ1) is 11.6. The number of carbonyl (C=O) groups is 1. The van der Waals surface area contributed by atoms with Gasteiger partial charge in [0.25, 0.3) is 5.91 Å². The van der Waals surface area contributed by atoms with Crippen molar-refractivity contribution in [3.63, 3.8) is 0 Å². The fourth-order valence-corrected chi connectivity index (χ4v) is 3.83. The van der Waals surface area contributed by atoms with Crippen molar-refractivity contribution in [2.24, 2.45) is 12.8 Å². The monoisotopic (exact) mass is 326 g/mol. The molecule has 126 valence electrons. The van der Waals surface area contributed by atoms with Crippen LogP contribution in [-0.4, -0.2) is 33.6 Å². The summed E-state index contributed by atoms with van der Waals surface area (Å²) in [6.07, 6.45) is 8.17. The quantitative estimate of drug-likeness (QED) is 0.898. The van der Waals surface area contributed by atoms with E-state index >= 15 is 0 Å². The van der Waals surface area contributed by atoms with Gasteiger partial charge in [0.15, 0.2) is 0 Å². The molecule has 0 spiro atoms. The normalized spacial score (nSPS) is 25.6. The van der Waals surface area contributed by atoms with E-state index in [0.29, 0.717) is 23.4 Å². The van der Waals surface area contributed by atoms with Crippen molar-refractivity contribution in [1.82, 2.24) is 14.9 Å². The highest BCUT2D eigenvalue weighted by atomic mass is 16.5. The second-order valence-electron chi connectivity index (χ2n) is 6.85. The summed E-state index contributed by atoms with van der Waals surface area (Å²) in [5.74, 6) is 0.105. The molecular formula is C18H22N4O2. The molecular weight excluding hydrogens is 304 g/mol. The van der Waals surface area contributed by atoms with Gasteiger partial charge in [-0.3, -0.25) is 4.79 Å². The zero-order valence-electron chi connectivity index (χ0n) is 13.7. The number of nitrogens with zero attached hydrogens (tertiary/aromatic N) is 2. The van der Waals surface area contributed by atoms with Crippen molar-refractivity contribution >= 4 is 5.91 Å². The number of aromatic nitrogens is 2. The highest BCUT2D eigenvalue weighted by Crippen LogP contribution is 2.32. The number of primary amides is 1. The molecule has 3 N–H and O–H groups in total. The first-order valence-electron chi connectivity index (χ1n) is 8.43. The summed E-state index contributed by atoms with van der Waals surface area (Å²) >= 11 is 0. The number of hydrogen-bond acceptors (Lipinski definition) is 4. The molecule has 0 saturated carbocycles. The number of nitrogens with one attached hydrogen (secondary N) is 1. The fraction of sp³-hybridized carbons (Fsp3) is 0.444. The lowest BCUT2D eigenvalue weighted by atomic mass is 10.0. The summed E-state index contributed by atoms with van der Waals surface area (Å²) in [5, 5.41) is 3.59. The zero-order valence-corrected chi connectivity index (χ0v) is 13.7. The van der Waals surface area contributed by atoms with Gasteiger partial charge in [0.05, 0.1) is 17.6 Å². The van der Waals surface area contributed by atoms with Gasteiger partial charge < -0.3 is 20.4 Å². The molecule has 0 aliphatic carbocycles. The van der Waals surface area contributed by atoms with Crippen LogP contribution in [0, 0.1) is 0 Å². The zero-order chi connectivity index (χ0) is 16.7. The van der Waals surface area contributed by atoms with Gasteiger partial charge in [-0.2, -0.15) is 0 Å². The Labute approximate surface area is 141 Å². The average molecular weight is 326 g/mol. The molecule has 3 atom stereocenters. The molecule has 2 aromatic rings. The predicted octanol–water partition coefficient (Wildman–Crippen LogP) is 1.85. The van der Waals surface area contributed by atoms with E-state index in [1.165, 1.54) is 12.8 Å². The number of piperidine rings is 1. The van der Waals surface area contributed by atoms with Gasteiger partial charge in [-0.25, -0.2) is 4.98 Å². The second-order valence-corrected chi connectivity index (χ2v) is 6.85. The Kier molecular flexibility index (Phi) is 3.76. The van der Waals surface area contributed by atoms with Crippen LogP contribution in [-0.2, 0) is 7.05 Å². The number of benzene rings is 1. The minimum absolute atomic E-state index is 0.141. The molecule has 2 aliphatic heterocycles. The molecule has 1 aromatic heterocycles. The van der Waals surface area contributed by atoms with E-state index in [2.05, 4.69) is 10.3 Å². The van der Waals surface area contributed by atoms with E-state index in [9.17, 15) is 4.79 Å². The summed E-state index contributed by atoms with van der Waals surface area (Å²) in [4.78, 5) is 16.2. The number of imidazole rings is 1. The van der Waals surface area contributed by atoms with Crippen LogP contribution in [0.1, 0.15) is 36.0 Å². The Morgan fingerprint density at radius 3 is 2.71 bits per heavy atom. The van der Waals surface area contributed by atoms with Crippen LogP contribution in [0.2, 0.25) is 0 Å². The number of carbonyl (C=O) groups excluding carboxylic acids is 1. The SMILES string of the molecule is Cn1cnc(-c2ccc(OC3C[C@H]4CC[C@@H](C3)N4)c(C(N)=O)c2)c1. The third-order valence-corrected chi connectivity index (χ3v) is 4.97. The molecule has 2 saturated heterocycles. The Morgan fingerprint density at radius 1 is 1.33 bits per heavy atom. The Bertz CT molecular complexity index is 758. The van der Waals surface area contributed by atoms with E-state index in [-0.39, 0.29) is 6.10 Å². The Hall–Kier alpha value is -2.34. The van der Waals surface area contributed by atoms with Crippen LogP contribution in [0.5, 0.6) is 5.75 Å². The number of ether oxygens (including phenoxy) is 1. The maximum atomic E-state index is 11.9. The molecule has 2 aliphatic rings. The number of fused-ring (bicyclic) bond motifs is 2. The molecule has 24 heavy (non-hydrogen) atoms. The highest BCUT2D eigenvalue weighted by molar-refractivity contribution is 5.96. The van der Waals surface area contributed by atoms with Gasteiger partial charge in [-0.15, -0.1) is 0 Å². The average Bonchev–Trinajstić information content (AvgIpc) is 3.13. The van der Waals surface area contributed by atoms with Crippen LogP contribution in [0.3, 0.4) is 0 Å². The lowest BCUT2D eigenvalue weighted by Crippen LogP contribution is -2.42. The molecule has 2 fully saturated rings. The maximum Gasteiger partial charge on any atom is 0.252 e. The van der Waals surface area contributed by atoms with Crippen molar-refractivity contribution in [2.45, 2.75) is 43.9 Å². The molecule has 0 radical (unpaired) electrons. The molecule has 4 rings (SSSR count). The number of hydrogen-bond donors (Lipinski definition) is 2. The molecule has 1 amide bonds. The minimum atomic E-state index is -0.473. The molecule has 6 heteroatoms. The summed E-state index contributed by atoms with van der Waals surface area (Å²) < 4.78 is 8.03. The van der Waals surface area contributed by atoms with Gasteiger partial charge >= 0.3 is 0 Å². The molecule has 6 nitrogen and oxygen atoms in total. The lowest BCUT2D eigenvalue weighted by Gasteiger charge is -2.30. The van der Waals surface area contributed by atoms with Gasteiger partial charge in [-0.1, -0.05) is 0 Å². The van der Waals surface area contributed by atoms with Crippen LogP contribution in [0.4, 0.5) is 0 Å². The first-order valence-corrected chi connectivity index (χ1v) is 8.43. The van der Waals surface area contributed by atoms with Crippen molar-refractivity contribution < 1.29 is 9.53 Å². The summed E-state index contributed by atoms with van der Waals surface area (Å²) in [7, 11) is 1.91. The standard InChI is InChI=1S/C18H22N4O2/c1-22-9-16(20-10-22)11-2-5-17(15(6-11)18(19)23)24-14-7-12-3-4-13(8-14)21-12/h2,5-6,9-10,12-14,21H,3-4,7-8H2,1H3,(H2,19,23)/t12-,13+,14?.